The van der Waals surface area contributed by atoms with Gasteiger partial charge in [0, 0.05) is 17.5 Å². The molecule has 0 saturated heterocycles. The molecule has 0 bridgehead atoms. The van der Waals surface area contributed by atoms with E-state index in [9.17, 15) is 14.9 Å². The van der Waals surface area contributed by atoms with Crippen LogP contribution >= 0.6 is 35.4 Å². The van der Waals surface area contributed by atoms with Crippen LogP contribution in [0.25, 0.3) is 0 Å². The smallest absolute Gasteiger partial charge is 0.292 e. The van der Waals surface area contributed by atoms with Crippen molar-refractivity contribution >= 4 is 57.8 Å². The van der Waals surface area contributed by atoms with E-state index >= 15 is 0 Å². The number of nitro groups is 1. The molecule has 27 heavy (non-hydrogen) atoms. The van der Waals surface area contributed by atoms with Gasteiger partial charge in [0.05, 0.1) is 16.6 Å². The molecule has 0 atom stereocenters. The molecular weight excluding hydrogens is 413 g/mol. The van der Waals surface area contributed by atoms with Crippen LogP contribution in [0.5, 0.6) is 5.75 Å². The van der Waals surface area contributed by atoms with E-state index in [2.05, 4.69) is 10.6 Å². The number of nitrogens with zero attached hydrogens (tertiary/aromatic N) is 1. The highest BCUT2D eigenvalue weighted by Crippen LogP contribution is 2.27. The van der Waals surface area contributed by atoms with Crippen molar-refractivity contribution in [2.24, 2.45) is 0 Å². The molecule has 2 N–H and O–H groups in total. The molecule has 0 radical (unpaired) electrons. The number of anilines is 1. The van der Waals surface area contributed by atoms with Crippen LogP contribution in [0.4, 0.5) is 11.4 Å². The van der Waals surface area contributed by atoms with Gasteiger partial charge in [0.2, 0.25) is 5.91 Å². The van der Waals surface area contributed by atoms with Gasteiger partial charge in [-0.1, -0.05) is 35.3 Å². The molecule has 0 unspecified atom stereocenters. The first-order valence-electron chi connectivity index (χ1n) is 7.79. The minimum atomic E-state index is -0.536. The molecule has 0 aromatic heterocycles. The van der Waals surface area contributed by atoms with Gasteiger partial charge in [0.15, 0.2) is 5.11 Å². The molecule has 2 rings (SSSR count). The van der Waals surface area contributed by atoms with E-state index in [1.807, 2.05) is 0 Å². The van der Waals surface area contributed by atoms with Crippen molar-refractivity contribution in [3.8, 4) is 5.75 Å². The standard InChI is InChI=1S/C17H15Cl2N3O4S/c18-11-7-8-15(12(19)10-11)26-9-3-6-16(23)21-17(27)20-13-4-1-2-5-14(13)22(24)25/h1-2,4-5,7-8,10H,3,6,9H2,(H2,20,21,23,27). The molecule has 0 aliphatic carbocycles. The number of benzene rings is 2. The number of amides is 1. The Morgan fingerprint density at radius 3 is 2.67 bits per heavy atom. The maximum absolute atomic E-state index is 11.9. The number of carbonyl (C=O) groups excluding carboxylic acids is 1. The Labute approximate surface area is 170 Å². The summed E-state index contributed by atoms with van der Waals surface area (Å²) in [4.78, 5) is 22.3. The van der Waals surface area contributed by atoms with Crippen molar-refractivity contribution in [3.63, 3.8) is 0 Å². The van der Waals surface area contributed by atoms with Crippen molar-refractivity contribution < 1.29 is 14.5 Å². The SMILES string of the molecule is O=C(CCCOc1ccc(Cl)cc1Cl)NC(=S)Nc1ccccc1[N+](=O)[O-]. The lowest BCUT2D eigenvalue weighted by molar-refractivity contribution is -0.383. The largest absolute Gasteiger partial charge is 0.492 e. The third-order valence-corrected chi connectivity index (χ3v) is 4.04. The van der Waals surface area contributed by atoms with Gasteiger partial charge in [-0.25, -0.2) is 0 Å². The number of hydrogen-bond donors (Lipinski definition) is 2. The second kappa shape index (κ2) is 10.1. The van der Waals surface area contributed by atoms with Crippen molar-refractivity contribution in [1.29, 1.82) is 0 Å². The number of hydrogen-bond acceptors (Lipinski definition) is 5. The lowest BCUT2D eigenvalue weighted by atomic mass is 10.2. The monoisotopic (exact) mass is 427 g/mol. The Balaban J connectivity index is 1.75. The average molecular weight is 428 g/mol. The summed E-state index contributed by atoms with van der Waals surface area (Å²) in [6, 6.07) is 10.9. The Bertz CT molecular complexity index is 864. The van der Waals surface area contributed by atoms with E-state index in [1.54, 1.807) is 24.3 Å². The zero-order valence-corrected chi connectivity index (χ0v) is 16.2. The second-order valence-electron chi connectivity index (χ2n) is 5.30. The van der Waals surface area contributed by atoms with E-state index in [1.165, 1.54) is 18.2 Å². The zero-order valence-electron chi connectivity index (χ0n) is 13.9. The van der Waals surface area contributed by atoms with E-state index < -0.39 is 4.92 Å². The normalized spacial score (nSPS) is 10.1. The lowest BCUT2D eigenvalue weighted by Gasteiger charge is -2.10. The number of rotatable bonds is 7. The van der Waals surface area contributed by atoms with Gasteiger partial charge in [-0.15, -0.1) is 0 Å². The Morgan fingerprint density at radius 2 is 1.96 bits per heavy atom. The minimum Gasteiger partial charge on any atom is -0.492 e. The fraction of sp³-hybridized carbons (Fsp3) is 0.176. The molecule has 0 aliphatic heterocycles. The van der Waals surface area contributed by atoms with E-state index in [4.69, 9.17) is 40.2 Å². The molecule has 0 saturated carbocycles. The first-order valence-corrected chi connectivity index (χ1v) is 8.95. The minimum absolute atomic E-state index is 0.0176. The maximum atomic E-state index is 11.9. The summed E-state index contributed by atoms with van der Waals surface area (Å²) in [6.07, 6.45) is 0.586. The van der Waals surface area contributed by atoms with Crippen LogP contribution in [0.2, 0.25) is 10.0 Å². The number of halogens is 2. The predicted molar refractivity (Wildman–Crippen MR) is 109 cm³/mol. The van der Waals surface area contributed by atoms with Crippen LogP contribution in [0.3, 0.4) is 0 Å². The quantitative estimate of drug-likeness (QED) is 0.290. The second-order valence-corrected chi connectivity index (χ2v) is 6.56. The van der Waals surface area contributed by atoms with Gasteiger partial charge < -0.3 is 15.4 Å². The van der Waals surface area contributed by atoms with Crippen molar-refractivity contribution in [2.45, 2.75) is 12.8 Å². The van der Waals surface area contributed by atoms with Gasteiger partial charge in [-0.05, 0) is 42.9 Å². The van der Waals surface area contributed by atoms with Crippen molar-refractivity contribution in [3.05, 3.63) is 62.6 Å². The summed E-state index contributed by atoms with van der Waals surface area (Å²) < 4.78 is 5.49. The topological polar surface area (TPSA) is 93.5 Å². The molecule has 0 heterocycles. The summed E-state index contributed by atoms with van der Waals surface area (Å²) >= 11 is 16.8. The molecule has 1 amide bonds. The first-order chi connectivity index (χ1) is 12.9. The third-order valence-electron chi connectivity index (χ3n) is 3.30. The molecule has 7 nitrogen and oxygen atoms in total. The van der Waals surface area contributed by atoms with Crippen molar-refractivity contribution in [1.82, 2.24) is 5.32 Å². The number of para-hydroxylation sites is 2. The summed E-state index contributed by atoms with van der Waals surface area (Å²) in [7, 11) is 0. The van der Waals surface area contributed by atoms with E-state index in [-0.39, 0.29) is 35.4 Å². The molecule has 0 fully saturated rings. The molecule has 2 aromatic rings. The molecule has 2 aromatic carbocycles. The van der Waals surface area contributed by atoms with E-state index in [0.29, 0.717) is 22.2 Å². The molecule has 142 valence electrons. The zero-order chi connectivity index (χ0) is 19.8. The van der Waals surface area contributed by atoms with Gasteiger partial charge in [-0.2, -0.15) is 0 Å². The first kappa shape index (κ1) is 20.9. The molecule has 0 spiro atoms. The average Bonchev–Trinajstić information content (AvgIpc) is 2.60. The third kappa shape index (κ3) is 6.67. The fourth-order valence-electron chi connectivity index (χ4n) is 2.09. The number of ether oxygens (including phenoxy) is 1. The van der Waals surface area contributed by atoms with E-state index in [0.717, 1.165) is 0 Å². The van der Waals surface area contributed by atoms with Gasteiger partial charge in [0.25, 0.3) is 5.69 Å². The van der Waals surface area contributed by atoms with Crippen LogP contribution in [0.1, 0.15) is 12.8 Å². The number of nitrogens with one attached hydrogen (secondary N) is 2. The summed E-state index contributed by atoms with van der Waals surface area (Å²) in [5.41, 5.74) is 0.0656. The van der Waals surface area contributed by atoms with Crippen LogP contribution in [0, 0.1) is 10.1 Å². The maximum Gasteiger partial charge on any atom is 0.292 e. The summed E-state index contributed by atoms with van der Waals surface area (Å²) in [5, 5.41) is 17.0. The van der Waals surface area contributed by atoms with Crippen LogP contribution in [-0.2, 0) is 4.79 Å². The lowest BCUT2D eigenvalue weighted by Crippen LogP contribution is -2.34. The Morgan fingerprint density at radius 1 is 1.22 bits per heavy atom. The number of carbonyl (C=O) groups is 1. The highest BCUT2D eigenvalue weighted by molar-refractivity contribution is 7.80. The van der Waals surface area contributed by atoms with Gasteiger partial charge in [0.1, 0.15) is 11.4 Å². The highest BCUT2D eigenvalue weighted by Gasteiger charge is 2.14. The molecule has 10 heteroatoms. The fourth-order valence-corrected chi connectivity index (χ4v) is 2.78. The Hall–Kier alpha value is -2.42. The summed E-state index contributed by atoms with van der Waals surface area (Å²) in [6.45, 7) is 0.277. The predicted octanol–water partition coefficient (Wildman–Crippen LogP) is 4.57. The van der Waals surface area contributed by atoms with Gasteiger partial charge in [-0.3, -0.25) is 14.9 Å². The molecular formula is C17H15Cl2N3O4S. The summed E-state index contributed by atoms with van der Waals surface area (Å²) in [5.74, 6) is 0.145. The Kier molecular flexibility index (Phi) is 7.78. The highest BCUT2D eigenvalue weighted by atomic mass is 35.5. The van der Waals surface area contributed by atoms with Crippen molar-refractivity contribution in [2.75, 3.05) is 11.9 Å². The van der Waals surface area contributed by atoms with Crippen LogP contribution < -0.4 is 15.4 Å². The van der Waals surface area contributed by atoms with Gasteiger partial charge >= 0.3 is 0 Å². The van der Waals surface area contributed by atoms with Crippen LogP contribution in [0.15, 0.2) is 42.5 Å². The number of thiocarbonyl (C=S) groups is 1. The van der Waals surface area contributed by atoms with Crippen LogP contribution in [-0.4, -0.2) is 22.5 Å². The number of nitro benzene ring substituents is 1. The molecule has 0 aliphatic rings.